The molecule has 14 rings (SSSR count). The van der Waals surface area contributed by atoms with E-state index in [1.807, 2.05) is 12.3 Å². The average Bonchev–Trinajstić information content (AvgIpc) is 4.16. The maximum atomic E-state index is 11.5. The van der Waals surface area contributed by atoms with Crippen LogP contribution in [0.1, 0.15) is 30.5 Å². The van der Waals surface area contributed by atoms with Crippen LogP contribution in [0.2, 0.25) is 0 Å². The van der Waals surface area contributed by atoms with Crippen molar-refractivity contribution in [3.8, 4) is 34.4 Å². The molecule has 0 radical (unpaired) electrons. The third kappa shape index (κ3) is 6.06. The lowest BCUT2D eigenvalue weighted by Crippen LogP contribution is -2.25. The zero-order chi connectivity index (χ0) is 48.2. The molecule has 0 atom stereocenters. The van der Waals surface area contributed by atoms with Gasteiger partial charge in [-0.25, -0.2) is 4.98 Å². The molecule has 0 amide bonds. The summed E-state index contributed by atoms with van der Waals surface area (Å²) in [6.45, 7) is 5.42. The second-order valence-corrected chi connectivity index (χ2v) is 19.6. The van der Waals surface area contributed by atoms with Crippen LogP contribution < -0.4 is 9.80 Å². The predicted molar refractivity (Wildman–Crippen MR) is 298 cm³/mol. The van der Waals surface area contributed by atoms with Crippen LogP contribution in [0.15, 0.2) is 219 Å². The molecule has 0 saturated carbocycles. The molecule has 0 N–H and O–H groups in total. The van der Waals surface area contributed by atoms with Gasteiger partial charge in [-0.05, 0) is 90.0 Å². The van der Waals surface area contributed by atoms with Crippen LogP contribution >= 0.6 is 0 Å². The van der Waals surface area contributed by atoms with Gasteiger partial charge in [0.05, 0.1) is 74.2 Å². The first kappa shape index (κ1) is 41.6. The van der Waals surface area contributed by atoms with Gasteiger partial charge in [-0.15, -0.1) is 0 Å². The number of nitrogens with zero attached hydrogens (tertiary/aromatic N) is 7. The SMILES string of the molecule is CN1CN(c2cccc(C(C)(C)c3ccc4c5ccccc5n(-c5cc(C#N)c(-c6c(-n7c8ccccc8c8ccccc87)cccc6-n6c7ccccc7c7ccccc76)cn5)c4c3)c2)c2ccccc21. The first-order valence-electron chi connectivity index (χ1n) is 24.6. The van der Waals surface area contributed by atoms with Crippen molar-refractivity contribution in [1.29, 1.82) is 5.26 Å². The fourth-order valence-corrected chi connectivity index (χ4v) is 11.8. The minimum atomic E-state index is -0.356. The van der Waals surface area contributed by atoms with E-state index in [2.05, 4.69) is 257 Å². The van der Waals surface area contributed by atoms with Crippen LogP contribution in [0, 0.1) is 11.3 Å². The van der Waals surface area contributed by atoms with E-state index >= 15 is 0 Å². The van der Waals surface area contributed by atoms with Crippen molar-refractivity contribution in [3.05, 3.63) is 235 Å². The first-order chi connectivity index (χ1) is 35.4. The standard InChI is InChI=1S/C65H47N7/c1-65(2,43-18-16-19-45(37-43)69-41-68(3)58-30-14-15-31-59(58)69)44-34-35-51-50-24-8-13-29-57(50)72(62(51)38-44)63-36-42(39-66)52(40-67-63)64-60(70-53-25-9-4-20-46(53)47-21-5-10-26-54(47)70)32-17-33-61(64)71-55-27-11-6-22-48(55)49-23-7-12-28-56(49)71/h4-38,40H,41H2,1-3H3. The Kier molecular flexibility index (Phi) is 9.14. The van der Waals surface area contributed by atoms with E-state index in [1.54, 1.807) is 0 Å². The molecule has 0 fully saturated rings. The summed E-state index contributed by atoms with van der Waals surface area (Å²) in [4.78, 5) is 10.1. The Balaban J connectivity index is 0.973. The number of nitriles is 1. The zero-order valence-corrected chi connectivity index (χ0v) is 40.1. The Hall–Kier alpha value is -9.38. The van der Waals surface area contributed by atoms with Gasteiger partial charge < -0.3 is 18.9 Å². The lowest BCUT2D eigenvalue weighted by Gasteiger charge is -2.28. The molecule has 0 saturated heterocycles. The third-order valence-electron chi connectivity index (χ3n) is 15.4. The summed E-state index contributed by atoms with van der Waals surface area (Å²) in [5.74, 6) is 0.683. The Bertz CT molecular complexity index is 4170. The van der Waals surface area contributed by atoms with Gasteiger partial charge in [0.25, 0.3) is 0 Å². The molecule has 0 bridgehead atoms. The van der Waals surface area contributed by atoms with Gasteiger partial charge in [0.2, 0.25) is 0 Å². The Labute approximate surface area is 416 Å². The van der Waals surface area contributed by atoms with E-state index < -0.39 is 0 Å². The normalized spacial score (nSPS) is 12.8. The van der Waals surface area contributed by atoms with Crippen LogP contribution in [0.3, 0.4) is 0 Å². The minimum Gasteiger partial charge on any atom is -0.355 e. The quantitative estimate of drug-likeness (QED) is 0.160. The highest BCUT2D eigenvalue weighted by molar-refractivity contribution is 6.13. The van der Waals surface area contributed by atoms with E-state index in [4.69, 9.17) is 4.98 Å². The fraction of sp³-hybridized carbons (Fsp3) is 0.0769. The Morgan fingerprint density at radius 1 is 0.444 bits per heavy atom. The van der Waals surface area contributed by atoms with Gasteiger partial charge in [0.15, 0.2) is 0 Å². The van der Waals surface area contributed by atoms with Gasteiger partial charge in [-0.1, -0.05) is 147 Å². The molecular weight excluding hydrogens is 879 g/mol. The van der Waals surface area contributed by atoms with E-state index in [0.717, 1.165) is 73.0 Å². The monoisotopic (exact) mass is 925 g/mol. The molecule has 72 heavy (non-hydrogen) atoms. The topological polar surface area (TPSA) is 58.0 Å². The molecule has 1 aliphatic heterocycles. The first-order valence-corrected chi connectivity index (χ1v) is 24.6. The lowest BCUT2D eigenvalue weighted by molar-refractivity contribution is 0.641. The van der Waals surface area contributed by atoms with E-state index in [-0.39, 0.29) is 5.41 Å². The van der Waals surface area contributed by atoms with E-state index in [0.29, 0.717) is 11.4 Å². The summed E-state index contributed by atoms with van der Waals surface area (Å²) in [6.07, 6.45) is 1.94. The van der Waals surface area contributed by atoms with E-state index in [1.165, 1.54) is 49.7 Å². The van der Waals surface area contributed by atoms with Gasteiger partial charge in [0.1, 0.15) is 5.82 Å². The number of pyridine rings is 1. The summed E-state index contributed by atoms with van der Waals surface area (Å²) < 4.78 is 6.97. The Morgan fingerprint density at radius 2 is 0.903 bits per heavy atom. The largest absolute Gasteiger partial charge is 0.355 e. The van der Waals surface area contributed by atoms with Crippen molar-refractivity contribution in [2.24, 2.45) is 0 Å². The van der Waals surface area contributed by atoms with Crippen molar-refractivity contribution in [2.45, 2.75) is 19.3 Å². The molecule has 0 unspecified atom stereocenters. The van der Waals surface area contributed by atoms with Crippen LogP contribution in [0.5, 0.6) is 0 Å². The summed E-state index contributed by atoms with van der Waals surface area (Å²) in [7, 11) is 2.15. The maximum Gasteiger partial charge on any atom is 0.138 e. The Morgan fingerprint density at radius 3 is 1.46 bits per heavy atom. The number of anilines is 3. The zero-order valence-electron chi connectivity index (χ0n) is 40.1. The summed E-state index contributed by atoms with van der Waals surface area (Å²) >= 11 is 0. The van der Waals surface area contributed by atoms with Crippen LogP contribution in [0.25, 0.3) is 93.7 Å². The molecule has 0 spiro atoms. The van der Waals surface area contributed by atoms with Crippen molar-refractivity contribution < 1.29 is 0 Å². The van der Waals surface area contributed by atoms with Crippen LogP contribution in [0.4, 0.5) is 17.1 Å². The fourth-order valence-electron chi connectivity index (χ4n) is 11.8. The molecule has 13 aromatic rings. The molecule has 0 aliphatic carbocycles. The number of fused-ring (bicyclic) bond motifs is 10. The van der Waals surface area contributed by atoms with Gasteiger partial charge in [0, 0.05) is 67.8 Å². The van der Waals surface area contributed by atoms with Crippen molar-refractivity contribution in [1.82, 2.24) is 18.7 Å². The van der Waals surface area contributed by atoms with Gasteiger partial charge >= 0.3 is 0 Å². The lowest BCUT2D eigenvalue weighted by atomic mass is 9.77. The average molecular weight is 926 g/mol. The summed E-state index contributed by atoms with van der Waals surface area (Å²) in [6, 6.07) is 78.7. The number of para-hydroxylation sites is 7. The molecule has 4 aromatic heterocycles. The van der Waals surface area contributed by atoms with Gasteiger partial charge in [-0.2, -0.15) is 5.26 Å². The summed E-state index contributed by atoms with van der Waals surface area (Å²) in [5, 5.41) is 18.4. The van der Waals surface area contributed by atoms with Gasteiger partial charge in [-0.3, -0.25) is 4.57 Å². The van der Waals surface area contributed by atoms with Crippen molar-refractivity contribution in [2.75, 3.05) is 23.5 Å². The second-order valence-electron chi connectivity index (χ2n) is 19.6. The molecular formula is C65H47N7. The molecule has 7 nitrogen and oxygen atoms in total. The molecule has 342 valence electrons. The highest BCUT2D eigenvalue weighted by Crippen LogP contribution is 2.45. The second kappa shape index (κ2) is 15.8. The summed E-state index contributed by atoms with van der Waals surface area (Å²) in [5.41, 5.74) is 16.2. The van der Waals surface area contributed by atoms with Crippen molar-refractivity contribution >= 4 is 82.5 Å². The third-order valence-corrected chi connectivity index (χ3v) is 15.4. The molecule has 9 aromatic carbocycles. The smallest absolute Gasteiger partial charge is 0.138 e. The van der Waals surface area contributed by atoms with Crippen molar-refractivity contribution in [3.63, 3.8) is 0 Å². The number of aromatic nitrogens is 4. The van der Waals surface area contributed by atoms with Crippen LogP contribution in [-0.2, 0) is 5.41 Å². The number of rotatable bonds is 7. The highest BCUT2D eigenvalue weighted by atomic mass is 15.4. The number of benzene rings is 9. The highest BCUT2D eigenvalue weighted by Gasteiger charge is 2.30. The molecule has 1 aliphatic rings. The molecule has 5 heterocycles. The van der Waals surface area contributed by atoms with Crippen LogP contribution in [-0.4, -0.2) is 32.4 Å². The number of hydrogen-bond acceptors (Lipinski definition) is 4. The van der Waals surface area contributed by atoms with E-state index in [9.17, 15) is 5.26 Å². The predicted octanol–water partition coefficient (Wildman–Crippen LogP) is 15.8. The number of hydrogen-bond donors (Lipinski definition) is 0. The minimum absolute atomic E-state index is 0.356. The maximum absolute atomic E-state index is 11.5. The molecule has 7 heteroatoms.